The topological polar surface area (TPSA) is 99.3 Å². The number of likely N-dealkylation sites (N-methyl/N-ethyl adjacent to an activating group) is 1. The quantitative estimate of drug-likeness (QED) is 0.542. The SMILES string of the molecule is CCOC(=O)C1=C(CN2CCCN(S(=O)(=O)c3ccc(C)cc3)CC2)N(C)C(=O)NC1c1ccccc1C. The van der Waals surface area contributed by atoms with Crippen LogP contribution in [0.25, 0.3) is 0 Å². The average molecular weight is 541 g/mol. The molecule has 2 heterocycles. The maximum atomic E-state index is 13.3. The number of aryl methyl sites for hydroxylation is 2. The van der Waals surface area contributed by atoms with Crippen LogP contribution in [0.5, 0.6) is 0 Å². The fraction of sp³-hybridized carbons (Fsp3) is 0.429. The summed E-state index contributed by atoms with van der Waals surface area (Å²) in [6.45, 7) is 7.96. The molecule has 2 amide bonds. The zero-order valence-electron chi connectivity index (χ0n) is 22.4. The van der Waals surface area contributed by atoms with Gasteiger partial charge in [0.2, 0.25) is 10.0 Å². The van der Waals surface area contributed by atoms with Crippen LogP contribution in [-0.2, 0) is 19.6 Å². The van der Waals surface area contributed by atoms with Gasteiger partial charge in [-0.2, -0.15) is 4.31 Å². The Kier molecular flexibility index (Phi) is 8.54. The summed E-state index contributed by atoms with van der Waals surface area (Å²) in [7, 11) is -1.97. The molecule has 2 aromatic rings. The van der Waals surface area contributed by atoms with Crippen molar-refractivity contribution >= 4 is 22.0 Å². The number of nitrogens with zero attached hydrogens (tertiary/aromatic N) is 3. The van der Waals surface area contributed by atoms with E-state index in [1.807, 2.05) is 38.1 Å². The van der Waals surface area contributed by atoms with Crippen molar-refractivity contribution in [2.75, 3.05) is 46.4 Å². The molecule has 0 bridgehead atoms. The van der Waals surface area contributed by atoms with Gasteiger partial charge in [0.1, 0.15) is 0 Å². The predicted octanol–water partition coefficient (Wildman–Crippen LogP) is 3.21. The van der Waals surface area contributed by atoms with Crippen molar-refractivity contribution in [3.05, 3.63) is 76.5 Å². The summed E-state index contributed by atoms with van der Waals surface area (Å²) in [6.07, 6.45) is 0.629. The van der Waals surface area contributed by atoms with Gasteiger partial charge < -0.3 is 10.1 Å². The third-order valence-corrected chi connectivity index (χ3v) is 9.06. The number of esters is 1. The van der Waals surface area contributed by atoms with Crippen molar-refractivity contribution in [2.24, 2.45) is 0 Å². The number of amides is 2. The molecule has 1 saturated heterocycles. The lowest BCUT2D eigenvalue weighted by Gasteiger charge is -2.37. The van der Waals surface area contributed by atoms with Crippen molar-refractivity contribution in [3.8, 4) is 0 Å². The summed E-state index contributed by atoms with van der Waals surface area (Å²) >= 11 is 0. The Labute approximate surface area is 225 Å². The molecule has 4 rings (SSSR count). The lowest BCUT2D eigenvalue weighted by Crippen LogP contribution is -2.49. The molecule has 1 N–H and O–H groups in total. The number of carbonyl (C=O) groups excluding carboxylic acids is 2. The first-order chi connectivity index (χ1) is 18.1. The van der Waals surface area contributed by atoms with Crippen LogP contribution in [0.1, 0.15) is 36.1 Å². The second kappa shape index (κ2) is 11.7. The molecule has 0 radical (unpaired) electrons. The molecule has 2 aliphatic rings. The number of hydrogen-bond acceptors (Lipinski definition) is 6. The number of hydrogen-bond donors (Lipinski definition) is 1. The van der Waals surface area contributed by atoms with E-state index in [1.54, 1.807) is 38.2 Å². The van der Waals surface area contributed by atoms with E-state index in [2.05, 4.69) is 10.2 Å². The summed E-state index contributed by atoms with van der Waals surface area (Å²) in [5.41, 5.74) is 3.75. The van der Waals surface area contributed by atoms with Crippen LogP contribution in [0, 0.1) is 13.8 Å². The van der Waals surface area contributed by atoms with Crippen molar-refractivity contribution in [1.82, 2.24) is 19.4 Å². The third-order valence-electron chi connectivity index (χ3n) is 7.15. The van der Waals surface area contributed by atoms with E-state index in [-0.39, 0.29) is 17.5 Å². The normalized spacial score (nSPS) is 19.7. The molecule has 1 unspecified atom stereocenters. The Bertz CT molecular complexity index is 1320. The van der Waals surface area contributed by atoms with Gasteiger partial charge in [0, 0.05) is 38.9 Å². The maximum absolute atomic E-state index is 13.3. The lowest BCUT2D eigenvalue weighted by atomic mass is 9.91. The van der Waals surface area contributed by atoms with Crippen molar-refractivity contribution in [2.45, 2.75) is 38.1 Å². The average Bonchev–Trinajstić information content (AvgIpc) is 3.13. The fourth-order valence-electron chi connectivity index (χ4n) is 4.96. The first kappa shape index (κ1) is 27.8. The molecular formula is C28H36N4O5S. The van der Waals surface area contributed by atoms with Crippen LogP contribution in [0.2, 0.25) is 0 Å². The van der Waals surface area contributed by atoms with Crippen LogP contribution < -0.4 is 5.32 Å². The summed E-state index contributed by atoms with van der Waals surface area (Å²) in [5, 5.41) is 2.96. The molecule has 1 fully saturated rings. The van der Waals surface area contributed by atoms with Gasteiger partial charge in [0.05, 0.1) is 23.1 Å². The molecule has 2 aliphatic heterocycles. The van der Waals surface area contributed by atoms with Gasteiger partial charge in [-0.15, -0.1) is 0 Å². The highest BCUT2D eigenvalue weighted by Crippen LogP contribution is 2.33. The summed E-state index contributed by atoms with van der Waals surface area (Å²) in [4.78, 5) is 30.1. The Morgan fingerprint density at radius 3 is 2.42 bits per heavy atom. The van der Waals surface area contributed by atoms with Gasteiger partial charge in [0.25, 0.3) is 0 Å². The summed E-state index contributed by atoms with van der Waals surface area (Å²) < 4.78 is 33.5. The summed E-state index contributed by atoms with van der Waals surface area (Å²) in [6, 6.07) is 13.6. The monoisotopic (exact) mass is 540 g/mol. The van der Waals surface area contributed by atoms with E-state index in [1.165, 1.54) is 9.21 Å². The highest BCUT2D eigenvalue weighted by atomic mass is 32.2. The van der Waals surface area contributed by atoms with Gasteiger partial charge in [-0.25, -0.2) is 18.0 Å². The molecule has 38 heavy (non-hydrogen) atoms. The number of sulfonamides is 1. The molecule has 10 heteroatoms. The van der Waals surface area contributed by atoms with Crippen molar-refractivity contribution < 1.29 is 22.7 Å². The molecule has 9 nitrogen and oxygen atoms in total. The predicted molar refractivity (Wildman–Crippen MR) is 145 cm³/mol. The number of carbonyl (C=O) groups is 2. The van der Waals surface area contributed by atoms with Crippen molar-refractivity contribution in [3.63, 3.8) is 0 Å². The highest BCUT2D eigenvalue weighted by molar-refractivity contribution is 7.89. The molecule has 0 saturated carbocycles. The van der Waals surface area contributed by atoms with Crippen LogP contribution in [-0.4, -0.2) is 80.9 Å². The molecule has 2 aromatic carbocycles. The highest BCUT2D eigenvalue weighted by Gasteiger charge is 2.38. The fourth-order valence-corrected chi connectivity index (χ4v) is 6.43. The number of ether oxygens (including phenoxy) is 1. The van der Waals surface area contributed by atoms with Gasteiger partial charge in [-0.1, -0.05) is 42.0 Å². The van der Waals surface area contributed by atoms with Crippen LogP contribution >= 0.6 is 0 Å². The maximum Gasteiger partial charge on any atom is 0.338 e. The largest absolute Gasteiger partial charge is 0.463 e. The van der Waals surface area contributed by atoms with Gasteiger partial charge in [0.15, 0.2) is 0 Å². The minimum atomic E-state index is -3.61. The van der Waals surface area contributed by atoms with E-state index in [0.717, 1.165) is 16.7 Å². The first-order valence-corrected chi connectivity index (χ1v) is 14.4. The molecule has 0 spiro atoms. The second-order valence-corrected chi connectivity index (χ2v) is 11.7. The minimum Gasteiger partial charge on any atom is -0.463 e. The van der Waals surface area contributed by atoms with E-state index in [9.17, 15) is 18.0 Å². The Morgan fingerprint density at radius 2 is 1.74 bits per heavy atom. The van der Waals surface area contributed by atoms with Gasteiger partial charge in [-0.3, -0.25) is 9.80 Å². The van der Waals surface area contributed by atoms with Crippen LogP contribution in [0.3, 0.4) is 0 Å². The van der Waals surface area contributed by atoms with E-state index in [0.29, 0.717) is 50.4 Å². The van der Waals surface area contributed by atoms with Crippen LogP contribution in [0.4, 0.5) is 4.79 Å². The third kappa shape index (κ3) is 5.77. The van der Waals surface area contributed by atoms with E-state index in [4.69, 9.17) is 4.74 Å². The Balaban J connectivity index is 1.62. The van der Waals surface area contributed by atoms with E-state index >= 15 is 0 Å². The number of benzene rings is 2. The van der Waals surface area contributed by atoms with E-state index < -0.39 is 22.0 Å². The zero-order chi connectivity index (χ0) is 27.4. The van der Waals surface area contributed by atoms with Crippen molar-refractivity contribution in [1.29, 1.82) is 0 Å². The minimum absolute atomic E-state index is 0.212. The number of nitrogens with one attached hydrogen (secondary N) is 1. The summed E-state index contributed by atoms with van der Waals surface area (Å²) in [5.74, 6) is -0.471. The van der Waals surface area contributed by atoms with Gasteiger partial charge in [-0.05, 0) is 57.0 Å². The second-order valence-electron chi connectivity index (χ2n) is 9.73. The molecule has 0 aliphatic carbocycles. The Morgan fingerprint density at radius 1 is 1.03 bits per heavy atom. The lowest BCUT2D eigenvalue weighted by molar-refractivity contribution is -0.139. The molecule has 1 atom stereocenters. The number of rotatable bonds is 7. The standard InChI is InChI=1S/C28H36N4O5S/c1-5-37-27(33)25-24(30(4)28(34)29-26(25)23-10-7-6-9-21(23)3)19-31-15-8-16-32(18-17-31)38(35,36)22-13-11-20(2)12-14-22/h6-7,9-14,26H,5,8,15-19H2,1-4H3,(H,29,34). The van der Waals surface area contributed by atoms with Gasteiger partial charge >= 0.3 is 12.0 Å². The molecule has 204 valence electrons. The zero-order valence-corrected chi connectivity index (χ0v) is 23.3. The first-order valence-electron chi connectivity index (χ1n) is 12.9. The molecule has 0 aromatic heterocycles. The molecular weight excluding hydrogens is 504 g/mol. The smallest absolute Gasteiger partial charge is 0.338 e. The Hall–Kier alpha value is -3.21. The number of urea groups is 1. The van der Waals surface area contributed by atoms with Crippen LogP contribution in [0.15, 0.2) is 64.7 Å².